The molecule has 136 valence electrons. The van der Waals surface area contributed by atoms with Gasteiger partial charge in [-0.3, -0.25) is 9.36 Å². The van der Waals surface area contributed by atoms with Gasteiger partial charge < -0.3 is 11.1 Å². The van der Waals surface area contributed by atoms with Crippen LogP contribution in [-0.4, -0.2) is 27.5 Å². The number of aryl methyl sites for hydroxylation is 1. The average molecular weight is 393 g/mol. The van der Waals surface area contributed by atoms with Crippen molar-refractivity contribution in [3.8, 4) is 5.13 Å². The van der Waals surface area contributed by atoms with E-state index in [-0.39, 0.29) is 36.3 Å². The van der Waals surface area contributed by atoms with E-state index in [9.17, 15) is 4.79 Å². The minimum atomic E-state index is -0.337. The van der Waals surface area contributed by atoms with Crippen molar-refractivity contribution in [3.05, 3.63) is 34.6 Å². The molecular weight excluding hydrogens is 367 g/mol. The van der Waals surface area contributed by atoms with Gasteiger partial charge in [0.1, 0.15) is 0 Å². The summed E-state index contributed by atoms with van der Waals surface area (Å²) in [6.45, 7) is 8.50. The van der Waals surface area contributed by atoms with Crippen LogP contribution in [0.5, 0.6) is 0 Å². The zero-order chi connectivity index (χ0) is 16.3. The molecule has 8 heteroatoms. The molecule has 24 heavy (non-hydrogen) atoms. The summed E-state index contributed by atoms with van der Waals surface area (Å²) < 4.78 is 2.01. The Labute approximate surface area is 159 Å². The number of aromatic nitrogens is 2. The highest BCUT2D eigenvalue weighted by atomic mass is 35.5. The Kier molecular flexibility index (Phi) is 8.99. The van der Waals surface area contributed by atoms with Crippen LogP contribution in [-0.2, 0) is 0 Å². The second kappa shape index (κ2) is 9.42. The lowest BCUT2D eigenvalue weighted by Crippen LogP contribution is -2.49. The molecule has 0 aliphatic heterocycles. The predicted octanol–water partition coefficient (Wildman–Crippen LogP) is 3.64. The van der Waals surface area contributed by atoms with E-state index in [2.05, 4.69) is 10.3 Å². The minimum Gasteiger partial charge on any atom is -0.350 e. The van der Waals surface area contributed by atoms with E-state index in [4.69, 9.17) is 5.73 Å². The molecule has 0 spiro atoms. The fourth-order valence-electron chi connectivity index (χ4n) is 2.46. The number of thiazole rings is 1. The number of nitrogens with one attached hydrogen (secondary N) is 1. The van der Waals surface area contributed by atoms with Crippen molar-refractivity contribution in [3.63, 3.8) is 0 Å². The van der Waals surface area contributed by atoms with Crippen LogP contribution in [0, 0.1) is 13.8 Å². The molecule has 5 nitrogen and oxygen atoms in total. The van der Waals surface area contributed by atoms with Gasteiger partial charge in [-0.25, -0.2) is 4.98 Å². The third kappa shape index (κ3) is 4.72. The van der Waals surface area contributed by atoms with Gasteiger partial charge in [0.2, 0.25) is 0 Å². The first kappa shape index (κ1) is 22.9. The lowest BCUT2D eigenvalue weighted by atomic mass is 9.94. The Bertz CT molecular complexity index is 651. The molecule has 0 unspecified atom stereocenters. The number of hydrogen-bond acceptors (Lipinski definition) is 4. The lowest BCUT2D eigenvalue weighted by Gasteiger charge is -2.26. The van der Waals surface area contributed by atoms with Crippen molar-refractivity contribution in [2.45, 2.75) is 46.1 Å². The summed E-state index contributed by atoms with van der Waals surface area (Å²) in [6, 6.07) is 1.90. The van der Waals surface area contributed by atoms with Crippen LogP contribution >= 0.6 is 36.2 Å². The van der Waals surface area contributed by atoms with Gasteiger partial charge in [0, 0.05) is 35.0 Å². The number of nitrogens with two attached hydrogens (primary N) is 1. The lowest BCUT2D eigenvalue weighted by molar-refractivity contribution is 0.0941. The Hall–Kier alpha value is -1.08. The molecule has 0 atom stereocenters. The Morgan fingerprint density at radius 2 is 1.96 bits per heavy atom. The zero-order valence-electron chi connectivity index (χ0n) is 14.5. The summed E-state index contributed by atoms with van der Waals surface area (Å²) >= 11 is 1.55. The summed E-state index contributed by atoms with van der Waals surface area (Å²) in [5.74, 6) is -0.0763. The highest BCUT2D eigenvalue weighted by molar-refractivity contribution is 7.12. The third-order valence-corrected chi connectivity index (χ3v) is 5.05. The van der Waals surface area contributed by atoms with Crippen molar-refractivity contribution in [2.24, 2.45) is 5.73 Å². The Balaban J connectivity index is 0.00000264. The molecule has 0 fully saturated rings. The van der Waals surface area contributed by atoms with Gasteiger partial charge >= 0.3 is 0 Å². The van der Waals surface area contributed by atoms with Gasteiger partial charge in [-0.05, 0) is 32.8 Å². The molecule has 0 aromatic carbocycles. The van der Waals surface area contributed by atoms with Gasteiger partial charge in [0.05, 0.1) is 5.56 Å². The molecule has 0 saturated carbocycles. The van der Waals surface area contributed by atoms with Crippen LogP contribution in [0.1, 0.15) is 48.4 Å². The molecule has 0 radical (unpaired) electrons. The van der Waals surface area contributed by atoms with Crippen LogP contribution in [0.4, 0.5) is 0 Å². The van der Waals surface area contributed by atoms with Crippen LogP contribution in [0.2, 0.25) is 0 Å². The molecule has 0 aliphatic carbocycles. The first-order valence-corrected chi connectivity index (χ1v) is 8.45. The topological polar surface area (TPSA) is 72.9 Å². The standard InChI is InChI=1S/C16H24N4OS.2ClH/c1-5-16(17,6-2)10-19-14(21)13-9-11(3)20(12(13)4)15-18-7-8-22-15;;/h7-9H,5-6,10,17H2,1-4H3,(H,19,21);2*1H. The summed E-state index contributed by atoms with van der Waals surface area (Å²) in [5, 5.41) is 5.78. The maximum Gasteiger partial charge on any atom is 0.253 e. The fourth-order valence-corrected chi connectivity index (χ4v) is 3.22. The molecule has 2 aromatic heterocycles. The Morgan fingerprint density at radius 3 is 2.46 bits per heavy atom. The van der Waals surface area contributed by atoms with E-state index in [1.54, 1.807) is 17.5 Å². The SMILES string of the molecule is CCC(N)(CC)CNC(=O)c1cc(C)n(-c2nccs2)c1C.Cl.Cl. The van der Waals surface area contributed by atoms with Crippen molar-refractivity contribution >= 4 is 42.1 Å². The molecule has 2 heterocycles. The predicted molar refractivity (Wildman–Crippen MR) is 105 cm³/mol. The Morgan fingerprint density at radius 1 is 1.33 bits per heavy atom. The van der Waals surface area contributed by atoms with Gasteiger partial charge in [0.15, 0.2) is 5.13 Å². The number of carbonyl (C=O) groups is 1. The first-order chi connectivity index (χ1) is 10.4. The first-order valence-electron chi connectivity index (χ1n) is 7.57. The second-order valence-electron chi connectivity index (χ2n) is 5.69. The minimum absolute atomic E-state index is 0. The van der Waals surface area contributed by atoms with Gasteiger partial charge in [-0.1, -0.05) is 13.8 Å². The van der Waals surface area contributed by atoms with Crippen LogP contribution < -0.4 is 11.1 Å². The highest BCUT2D eigenvalue weighted by Gasteiger charge is 2.23. The smallest absolute Gasteiger partial charge is 0.253 e. The van der Waals surface area contributed by atoms with E-state index < -0.39 is 0 Å². The van der Waals surface area contributed by atoms with E-state index in [0.717, 1.165) is 29.4 Å². The van der Waals surface area contributed by atoms with E-state index in [1.807, 2.05) is 43.7 Å². The summed E-state index contributed by atoms with van der Waals surface area (Å²) in [6.07, 6.45) is 3.44. The number of amides is 1. The van der Waals surface area contributed by atoms with Gasteiger partial charge in [-0.2, -0.15) is 0 Å². The van der Waals surface area contributed by atoms with E-state index in [1.165, 1.54) is 0 Å². The number of halogens is 2. The number of carbonyl (C=O) groups excluding carboxylic acids is 1. The van der Waals surface area contributed by atoms with Crippen molar-refractivity contribution in [2.75, 3.05) is 6.54 Å². The molecule has 0 saturated heterocycles. The van der Waals surface area contributed by atoms with Crippen molar-refractivity contribution < 1.29 is 4.79 Å². The normalized spacial score (nSPS) is 10.7. The van der Waals surface area contributed by atoms with Crippen LogP contribution in [0.25, 0.3) is 5.13 Å². The summed E-state index contributed by atoms with van der Waals surface area (Å²) in [5.41, 5.74) is 8.50. The van der Waals surface area contributed by atoms with Gasteiger partial charge in [-0.15, -0.1) is 36.2 Å². The molecule has 0 aliphatic rings. The number of nitrogens with zero attached hydrogens (tertiary/aromatic N) is 2. The average Bonchev–Trinajstić information content (AvgIpc) is 3.12. The maximum absolute atomic E-state index is 12.5. The van der Waals surface area contributed by atoms with Crippen LogP contribution in [0.15, 0.2) is 17.6 Å². The molecule has 2 rings (SSSR count). The van der Waals surface area contributed by atoms with Crippen molar-refractivity contribution in [1.29, 1.82) is 0 Å². The monoisotopic (exact) mass is 392 g/mol. The molecular formula is C16H26Cl2N4OS. The molecule has 3 N–H and O–H groups in total. The summed E-state index contributed by atoms with van der Waals surface area (Å²) in [4.78, 5) is 16.8. The summed E-state index contributed by atoms with van der Waals surface area (Å²) in [7, 11) is 0. The highest BCUT2D eigenvalue weighted by Crippen LogP contribution is 2.22. The second-order valence-corrected chi connectivity index (χ2v) is 6.56. The van der Waals surface area contributed by atoms with E-state index in [0.29, 0.717) is 12.1 Å². The van der Waals surface area contributed by atoms with Crippen LogP contribution in [0.3, 0.4) is 0 Å². The van der Waals surface area contributed by atoms with Gasteiger partial charge in [0.25, 0.3) is 5.91 Å². The molecule has 0 bridgehead atoms. The molecule has 1 amide bonds. The molecule has 2 aromatic rings. The van der Waals surface area contributed by atoms with E-state index >= 15 is 0 Å². The van der Waals surface area contributed by atoms with Crippen molar-refractivity contribution in [1.82, 2.24) is 14.9 Å². The fraction of sp³-hybridized carbons (Fsp3) is 0.500. The number of hydrogen-bond donors (Lipinski definition) is 2. The third-order valence-electron chi connectivity index (χ3n) is 4.30. The number of rotatable bonds is 6. The zero-order valence-corrected chi connectivity index (χ0v) is 16.9. The maximum atomic E-state index is 12.5. The largest absolute Gasteiger partial charge is 0.350 e. The quantitative estimate of drug-likeness (QED) is 0.787.